The number of nitrogens with one attached hydrogen (secondary N) is 2. The van der Waals surface area contributed by atoms with Crippen LogP contribution in [0.25, 0.3) is 16.4 Å². The summed E-state index contributed by atoms with van der Waals surface area (Å²) in [5.74, 6) is 0.594. The maximum atomic E-state index is 12.9. The number of anilines is 3. The molecule has 0 spiro atoms. The van der Waals surface area contributed by atoms with E-state index in [-0.39, 0.29) is 13.2 Å². The largest absolute Gasteiger partial charge is 0.447 e. The van der Waals surface area contributed by atoms with Gasteiger partial charge >= 0.3 is 12.2 Å². The first kappa shape index (κ1) is 30.8. The highest BCUT2D eigenvalue weighted by Gasteiger charge is 2.32. The molecule has 1 aliphatic heterocycles. The summed E-state index contributed by atoms with van der Waals surface area (Å²) in [5, 5.41) is 16.2. The maximum Gasteiger partial charge on any atom is 0.411 e. The molecule has 1 saturated heterocycles. The van der Waals surface area contributed by atoms with Gasteiger partial charge in [-0.05, 0) is 51.0 Å². The molecule has 2 N–H and O–H groups in total. The van der Waals surface area contributed by atoms with Crippen LogP contribution in [-0.4, -0.2) is 79.5 Å². The summed E-state index contributed by atoms with van der Waals surface area (Å²) in [5.41, 5.74) is 4.54. The SMILES string of the molecule is CCc1c(NC(=O)OCC2COCCN2C(=O)OC(C)(C)C)cn2ncnc(Nc3ccc4c(cnn4Cc4ccccc4)c3)c12. The standard InChI is InChI=1S/C33H38N8O5/c1-5-26-27(38-31(42)45-20-25-19-44-14-13-39(25)32(43)46-33(2,3)4)18-41-29(26)30(34-21-36-41)37-24-11-12-28-23(15-24)16-35-40(28)17-22-9-7-6-8-10-22/h6-12,15-16,18,21,25H,5,13-14,17,19-20H2,1-4H3,(H,38,42)(H,34,36,37). The van der Waals surface area contributed by atoms with Crippen molar-refractivity contribution in [3.05, 3.63) is 78.4 Å². The van der Waals surface area contributed by atoms with E-state index in [1.165, 1.54) is 11.9 Å². The molecule has 2 amide bonds. The Morgan fingerprint density at radius 2 is 1.93 bits per heavy atom. The van der Waals surface area contributed by atoms with Crippen molar-refractivity contribution in [1.82, 2.24) is 29.3 Å². The molecule has 3 aromatic heterocycles. The van der Waals surface area contributed by atoms with E-state index in [4.69, 9.17) is 14.2 Å². The van der Waals surface area contributed by atoms with E-state index in [1.807, 2.05) is 75.0 Å². The number of hydrogen-bond acceptors (Lipinski definition) is 9. The van der Waals surface area contributed by atoms with Gasteiger partial charge in [0.05, 0.1) is 49.4 Å². The van der Waals surface area contributed by atoms with Gasteiger partial charge in [0.25, 0.3) is 0 Å². The molecule has 0 aliphatic carbocycles. The van der Waals surface area contributed by atoms with Crippen LogP contribution in [0.2, 0.25) is 0 Å². The van der Waals surface area contributed by atoms with Crippen molar-refractivity contribution >= 4 is 45.8 Å². The Kier molecular flexibility index (Phi) is 8.75. The molecular formula is C33H38N8O5. The Labute approximate surface area is 266 Å². The predicted molar refractivity (Wildman–Crippen MR) is 173 cm³/mol. The van der Waals surface area contributed by atoms with Crippen molar-refractivity contribution in [2.75, 3.05) is 37.0 Å². The number of carbonyl (C=O) groups excluding carboxylic acids is 2. The van der Waals surface area contributed by atoms with E-state index in [0.717, 1.165) is 27.7 Å². The number of morpholine rings is 1. The monoisotopic (exact) mass is 626 g/mol. The zero-order chi connectivity index (χ0) is 32.3. The molecule has 240 valence electrons. The van der Waals surface area contributed by atoms with Gasteiger partial charge in [0, 0.05) is 23.2 Å². The molecule has 1 atom stereocenters. The maximum absolute atomic E-state index is 12.9. The van der Waals surface area contributed by atoms with Crippen LogP contribution in [0.3, 0.4) is 0 Å². The normalized spacial score (nSPS) is 15.2. The van der Waals surface area contributed by atoms with Gasteiger partial charge < -0.3 is 19.5 Å². The van der Waals surface area contributed by atoms with Crippen LogP contribution in [0.1, 0.15) is 38.8 Å². The van der Waals surface area contributed by atoms with Gasteiger partial charge in [-0.1, -0.05) is 37.3 Å². The topological polar surface area (TPSA) is 137 Å². The quantitative estimate of drug-likeness (QED) is 0.225. The van der Waals surface area contributed by atoms with Crippen LogP contribution >= 0.6 is 0 Å². The lowest BCUT2D eigenvalue weighted by Crippen LogP contribution is -2.52. The highest BCUT2D eigenvalue weighted by molar-refractivity contribution is 5.91. The second kappa shape index (κ2) is 13.1. The summed E-state index contributed by atoms with van der Waals surface area (Å²) >= 11 is 0. The number of benzene rings is 2. The van der Waals surface area contributed by atoms with Gasteiger partial charge in [0.2, 0.25) is 0 Å². The Hall–Kier alpha value is -5.17. The summed E-state index contributed by atoms with van der Waals surface area (Å²) in [6.07, 6.45) is 4.53. The summed E-state index contributed by atoms with van der Waals surface area (Å²) in [6, 6.07) is 15.8. The summed E-state index contributed by atoms with van der Waals surface area (Å²) in [7, 11) is 0. The van der Waals surface area contributed by atoms with E-state index in [9.17, 15) is 9.59 Å². The number of nitrogens with zero attached hydrogens (tertiary/aromatic N) is 6. The molecule has 46 heavy (non-hydrogen) atoms. The zero-order valence-corrected chi connectivity index (χ0v) is 26.4. The molecule has 0 bridgehead atoms. The van der Waals surface area contributed by atoms with Crippen molar-refractivity contribution in [2.45, 2.75) is 52.3 Å². The first-order valence-corrected chi connectivity index (χ1v) is 15.3. The average molecular weight is 627 g/mol. The van der Waals surface area contributed by atoms with Gasteiger partial charge in [-0.15, -0.1) is 0 Å². The Morgan fingerprint density at radius 3 is 2.72 bits per heavy atom. The molecular weight excluding hydrogens is 588 g/mol. The number of fused-ring (bicyclic) bond motifs is 2. The Balaban J connectivity index is 1.15. The number of aromatic nitrogens is 5. The molecule has 1 fully saturated rings. The predicted octanol–water partition coefficient (Wildman–Crippen LogP) is 5.62. The van der Waals surface area contributed by atoms with Gasteiger partial charge in [-0.2, -0.15) is 10.2 Å². The van der Waals surface area contributed by atoms with Gasteiger partial charge in [-0.3, -0.25) is 14.9 Å². The zero-order valence-electron chi connectivity index (χ0n) is 26.4. The lowest BCUT2D eigenvalue weighted by Gasteiger charge is -2.36. The molecule has 13 heteroatoms. The van der Waals surface area contributed by atoms with Crippen LogP contribution < -0.4 is 10.6 Å². The van der Waals surface area contributed by atoms with Crippen LogP contribution in [0, 0.1) is 0 Å². The minimum atomic E-state index is -0.652. The van der Waals surface area contributed by atoms with E-state index >= 15 is 0 Å². The van der Waals surface area contributed by atoms with Crippen molar-refractivity contribution in [3.63, 3.8) is 0 Å². The van der Waals surface area contributed by atoms with Gasteiger partial charge in [0.1, 0.15) is 24.1 Å². The van der Waals surface area contributed by atoms with Crippen molar-refractivity contribution in [1.29, 1.82) is 0 Å². The molecule has 0 saturated carbocycles. The summed E-state index contributed by atoms with van der Waals surface area (Å²) in [6.45, 7) is 9.05. The third-order valence-corrected chi connectivity index (χ3v) is 7.61. The highest BCUT2D eigenvalue weighted by atomic mass is 16.6. The van der Waals surface area contributed by atoms with E-state index in [1.54, 1.807) is 15.6 Å². The molecule has 4 heterocycles. The van der Waals surface area contributed by atoms with Crippen molar-refractivity contribution < 1.29 is 23.8 Å². The fourth-order valence-corrected chi connectivity index (χ4v) is 5.49. The van der Waals surface area contributed by atoms with Crippen LogP contribution in [-0.2, 0) is 27.2 Å². The van der Waals surface area contributed by atoms with E-state index in [2.05, 4.69) is 37.9 Å². The van der Waals surface area contributed by atoms with Crippen LogP contribution in [0.15, 0.2) is 67.3 Å². The van der Waals surface area contributed by atoms with Crippen LogP contribution in [0.4, 0.5) is 26.8 Å². The molecule has 2 aromatic carbocycles. The molecule has 1 aliphatic rings. The first-order valence-electron chi connectivity index (χ1n) is 15.3. The van der Waals surface area contributed by atoms with Crippen LogP contribution in [0.5, 0.6) is 0 Å². The molecule has 0 radical (unpaired) electrons. The van der Waals surface area contributed by atoms with Crippen molar-refractivity contribution in [3.8, 4) is 0 Å². The fourth-order valence-electron chi connectivity index (χ4n) is 5.49. The fraction of sp³-hybridized carbons (Fsp3) is 0.364. The minimum absolute atomic E-state index is 0.0447. The average Bonchev–Trinajstić information content (AvgIpc) is 3.60. The number of ether oxygens (including phenoxy) is 3. The number of amides is 2. The molecule has 5 aromatic rings. The third kappa shape index (κ3) is 6.89. The second-order valence-corrected chi connectivity index (χ2v) is 12.1. The molecule has 13 nitrogen and oxygen atoms in total. The summed E-state index contributed by atoms with van der Waals surface area (Å²) in [4.78, 5) is 31.7. The van der Waals surface area contributed by atoms with E-state index in [0.29, 0.717) is 37.6 Å². The number of aryl methyl sites for hydroxylation is 1. The minimum Gasteiger partial charge on any atom is -0.447 e. The van der Waals surface area contributed by atoms with Gasteiger partial charge in [-0.25, -0.2) is 19.1 Å². The Morgan fingerprint density at radius 1 is 1.11 bits per heavy atom. The first-order chi connectivity index (χ1) is 22.2. The Bertz CT molecular complexity index is 1850. The third-order valence-electron chi connectivity index (χ3n) is 7.61. The smallest absolute Gasteiger partial charge is 0.411 e. The molecule has 1 unspecified atom stereocenters. The van der Waals surface area contributed by atoms with Crippen molar-refractivity contribution in [2.24, 2.45) is 0 Å². The van der Waals surface area contributed by atoms with Gasteiger partial charge in [0.15, 0.2) is 5.82 Å². The summed E-state index contributed by atoms with van der Waals surface area (Å²) < 4.78 is 20.3. The number of rotatable bonds is 8. The molecule has 6 rings (SSSR count). The second-order valence-electron chi connectivity index (χ2n) is 12.1. The number of carbonyl (C=O) groups is 2. The highest BCUT2D eigenvalue weighted by Crippen LogP contribution is 2.31. The lowest BCUT2D eigenvalue weighted by atomic mass is 10.2. The number of hydrogen-bond donors (Lipinski definition) is 2. The van der Waals surface area contributed by atoms with E-state index < -0.39 is 23.8 Å². The lowest BCUT2D eigenvalue weighted by molar-refractivity contribution is -0.0453.